The molecular formula is C15H18N4O2. The second-order valence-corrected chi connectivity index (χ2v) is 4.49. The van der Waals surface area contributed by atoms with Gasteiger partial charge in [-0.2, -0.15) is 0 Å². The number of benzene rings is 2. The molecule has 0 aliphatic carbocycles. The van der Waals surface area contributed by atoms with Gasteiger partial charge in [0.1, 0.15) is 6.61 Å². The Kier molecular flexibility index (Phi) is 4.98. The highest BCUT2D eigenvalue weighted by Gasteiger charge is 2.02. The Morgan fingerprint density at radius 3 is 2.67 bits per heavy atom. The average molecular weight is 286 g/mol. The molecule has 0 saturated carbocycles. The molecule has 0 heterocycles. The first-order chi connectivity index (χ1) is 10.1. The molecule has 0 aliphatic heterocycles. The molecule has 2 aromatic carbocycles. The van der Waals surface area contributed by atoms with Gasteiger partial charge in [-0.3, -0.25) is 4.99 Å². The number of carbonyl (C=O) groups excluding carboxylic acids is 1. The molecule has 6 nitrogen and oxygen atoms in total. The molecule has 21 heavy (non-hydrogen) atoms. The molecule has 0 spiro atoms. The summed E-state index contributed by atoms with van der Waals surface area (Å²) >= 11 is 0. The van der Waals surface area contributed by atoms with Gasteiger partial charge >= 0.3 is 6.09 Å². The van der Waals surface area contributed by atoms with E-state index in [9.17, 15) is 4.79 Å². The van der Waals surface area contributed by atoms with Gasteiger partial charge in [0.25, 0.3) is 0 Å². The Morgan fingerprint density at radius 2 is 1.90 bits per heavy atom. The van der Waals surface area contributed by atoms with E-state index >= 15 is 0 Å². The number of rotatable bonds is 5. The van der Waals surface area contributed by atoms with E-state index in [2.05, 4.69) is 10.3 Å². The molecule has 0 atom stereocenters. The maximum absolute atomic E-state index is 11.5. The van der Waals surface area contributed by atoms with Crippen molar-refractivity contribution < 1.29 is 9.53 Å². The van der Waals surface area contributed by atoms with Crippen LogP contribution >= 0.6 is 0 Å². The van der Waals surface area contributed by atoms with E-state index in [0.717, 1.165) is 16.3 Å². The standard InChI is InChI=1S/C15H18N4O2/c16-14(17)18-7-8-19-15(20)21-10-11-5-6-12-3-1-2-4-13(12)9-11/h1-6,9H,7-8,10H2,(H,19,20)(H4,16,17,18). The normalized spacial score (nSPS) is 10.1. The van der Waals surface area contributed by atoms with Crippen molar-refractivity contribution in [3.05, 3.63) is 48.0 Å². The van der Waals surface area contributed by atoms with Crippen LogP contribution in [0.4, 0.5) is 4.79 Å². The van der Waals surface area contributed by atoms with Gasteiger partial charge in [0, 0.05) is 6.54 Å². The van der Waals surface area contributed by atoms with Gasteiger partial charge in [0.2, 0.25) is 0 Å². The summed E-state index contributed by atoms with van der Waals surface area (Å²) in [6.07, 6.45) is -0.492. The van der Waals surface area contributed by atoms with Crippen LogP contribution in [0.15, 0.2) is 47.5 Å². The van der Waals surface area contributed by atoms with Gasteiger partial charge in [-0.05, 0) is 22.4 Å². The molecule has 1 amide bonds. The minimum absolute atomic E-state index is 0.00123. The summed E-state index contributed by atoms with van der Waals surface area (Å²) in [5, 5.41) is 4.84. The predicted molar refractivity (Wildman–Crippen MR) is 82.8 cm³/mol. The van der Waals surface area contributed by atoms with E-state index in [1.54, 1.807) is 0 Å². The van der Waals surface area contributed by atoms with Crippen LogP contribution in [0.2, 0.25) is 0 Å². The summed E-state index contributed by atoms with van der Waals surface area (Å²) in [4.78, 5) is 15.2. The first-order valence-corrected chi connectivity index (χ1v) is 6.59. The first kappa shape index (κ1) is 14.6. The zero-order chi connectivity index (χ0) is 15.1. The molecule has 0 saturated heterocycles. The fraction of sp³-hybridized carbons (Fsp3) is 0.200. The second-order valence-electron chi connectivity index (χ2n) is 4.49. The zero-order valence-electron chi connectivity index (χ0n) is 11.6. The number of carbonyl (C=O) groups is 1. The van der Waals surface area contributed by atoms with E-state index in [1.165, 1.54) is 0 Å². The number of fused-ring (bicyclic) bond motifs is 1. The van der Waals surface area contributed by atoms with Crippen molar-refractivity contribution in [2.24, 2.45) is 16.5 Å². The number of alkyl carbamates (subject to hydrolysis) is 1. The third kappa shape index (κ3) is 4.68. The van der Waals surface area contributed by atoms with Crippen LogP contribution in [-0.4, -0.2) is 25.1 Å². The van der Waals surface area contributed by atoms with Gasteiger partial charge in [-0.15, -0.1) is 0 Å². The largest absolute Gasteiger partial charge is 0.445 e. The summed E-state index contributed by atoms with van der Waals surface area (Å²) in [6.45, 7) is 0.876. The summed E-state index contributed by atoms with van der Waals surface area (Å²) in [5.74, 6) is 0.00123. The summed E-state index contributed by atoms with van der Waals surface area (Å²) < 4.78 is 5.12. The Labute approximate surface area is 122 Å². The number of hydrogen-bond donors (Lipinski definition) is 3. The van der Waals surface area contributed by atoms with Crippen molar-refractivity contribution in [3.63, 3.8) is 0 Å². The monoisotopic (exact) mass is 286 g/mol. The number of nitrogens with one attached hydrogen (secondary N) is 1. The highest BCUT2D eigenvalue weighted by atomic mass is 16.5. The van der Waals surface area contributed by atoms with Crippen molar-refractivity contribution in [1.29, 1.82) is 0 Å². The Hall–Kier alpha value is -2.76. The third-order valence-corrected chi connectivity index (χ3v) is 2.86. The number of amides is 1. The Balaban J connectivity index is 1.81. The summed E-state index contributed by atoms with van der Waals surface area (Å²) in [6, 6.07) is 14.0. The first-order valence-electron chi connectivity index (χ1n) is 6.59. The van der Waals surface area contributed by atoms with Crippen LogP contribution in [0.25, 0.3) is 10.8 Å². The molecule has 2 rings (SSSR count). The fourth-order valence-electron chi connectivity index (χ4n) is 1.87. The highest BCUT2D eigenvalue weighted by molar-refractivity contribution is 5.83. The molecule has 0 fully saturated rings. The number of nitrogens with two attached hydrogens (primary N) is 2. The number of ether oxygens (including phenoxy) is 1. The average Bonchev–Trinajstić information content (AvgIpc) is 2.49. The van der Waals surface area contributed by atoms with Gasteiger partial charge in [0.05, 0.1) is 6.54 Å². The smallest absolute Gasteiger partial charge is 0.407 e. The van der Waals surface area contributed by atoms with Crippen LogP contribution < -0.4 is 16.8 Å². The summed E-state index contributed by atoms with van der Waals surface area (Å²) in [7, 11) is 0. The Bertz CT molecular complexity index is 651. The highest BCUT2D eigenvalue weighted by Crippen LogP contribution is 2.16. The maximum Gasteiger partial charge on any atom is 0.407 e. The molecule has 2 aromatic rings. The van der Waals surface area contributed by atoms with Crippen LogP contribution in [-0.2, 0) is 11.3 Å². The fourth-order valence-corrected chi connectivity index (χ4v) is 1.87. The number of hydrogen-bond acceptors (Lipinski definition) is 3. The molecule has 6 heteroatoms. The minimum Gasteiger partial charge on any atom is -0.445 e. The Morgan fingerprint density at radius 1 is 1.14 bits per heavy atom. The van der Waals surface area contributed by atoms with Gasteiger partial charge in [0.15, 0.2) is 5.96 Å². The van der Waals surface area contributed by atoms with Crippen molar-refractivity contribution in [3.8, 4) is 0 Å². The maximum atomic E-state index is 11.5. The summed E-state index contributed by atoms with van der Waals surface area (Å²) in [5.41, 5.74) is 11.3. The van der Waals surface area contributed by atoms with Crippen LogP contribution in [0.3, 0.4) is 0 Å². The number of guanidine groups is 1. The molecular weight excluding hydrogens is 268 g/mol. The lowest BCUT2D eigenvalue weighted by Gasteiger charge is -2.07. The predicted octanol–water partition coefficient (Wildman–Crippen LogP) is 1.34. The topological polar surface area (TPSA) is 103 Å². The van der Waals surface area contributed by atoms with Crippen molar-refractivity contribution in [2.45, 2.75) is 6.61 Å². The lowest BCUT2D eigenvalue weighted by molar-refractivity contribution is 0.140. The van der Waals surface area contributed by atoms with E-state index in [-0.39, 0.29) is 12.6 Å². The molecule has 110 valence electrons. The number of nitrogens with zero attached hydrogens (tertiary/aromatic N) is 1. The van der Waals surface area contributed by atoms with Gasteiger partial charge in [-0.1, -0.05) is 36.4 Å². The number of aliphatic imine (C=N–C) groups is 1. The van der Waals surface area contributed by atoms with E-state index in [1.807, 2.05) is 42.5 Å². The van der Waals surface area contributed by atoms with Crippen molar-refractivity contribution >= 4 is 22.8 Å². The van der Waals surface area contributed by atoms with Gasteiger partial charge in [-0.25, -0.2) is 4.79 Å². The third-order valence-electron chi connectivity index (χ3n) is 2.86. The quantitative estimate of drug-likeness (QED) is 0.438. The molecule has 0 radical (unpaired) electrons. The van der Waals surface area contributed by atoms with Gasteiger partial charge < -0.3 is 21.5 Å². The SMILES string of the molecule is NC(N)=NCCNC(=O)OCc1ccc2ccccc2c1. The zero-order valence-corrected chi connectivity index (χ0v) is 11.6. The molecule has 5 N–H and O–H groups in total. The lowest BCUT2D eigenvalue weighted by atomic mass is 10.1. The lowest BCUT2D eigenvalue weighted by Crippen LogP contribution is -2.29. The van der Waals surface area contributed by atoms with Crippen molar-refractivity contribution in [2.75, 3.05) is 13.1 Å². The van der Waals surface area contributed by atoms with E-state index < -0.39 is 6.09 Å². The molecule has 0 aliphatic rings. The van der Waals surface area contributed by atoms with Crippen LogP contribution in [0, 0.1) is 0 Å². The minimum atomic E-state index is -0.492. The van der Waals surface area contributed by atoms with E-state index in [4.69, 9.17) is 16.2 Å². The van der Waals surface area contributed by atoms with Crippen molar-refractivity contribution in [1.82, 2.24) is 5.32 Å². The van der Waals surface area contributed by atoms with E-state index in [0.29, 0.717) is 13.1 Å². The molecule has 0 aromatic heterocycles. The second kappa shape index (κ2) is 7.14. The van der Waals surface area contributed by atoms with Crippen LogP contribution in [0.1, 0.15) is 5.56 Å². The van der Waals surface area contributed by atoms with Crippen LogP contribution in [0.5, 0.6) is 0 Å². The molecule has 0 unspecified atom stereocenters. The molecule has 0 bridgehead atoms.